The highest BCUT2D eigenvalue weighted by molar-refractivity contribution is 6.00. The molecule has 3 aliphatic heterocycles. The van der Waals surface area contributed by atoms with Crippen molar-refractivity contribution in [1.29, 1.82) is 0 Å². The summed E-state index contributed by atoms with van der Waals surface area (Å²) in [5.74, 6) is 2.54. The molecule has 32 heavy (non-hydrogen) atoms. The van der Waals surface area contributed by atoms with Crippen LogP contribution in [0.1, 0.15) is 36.8 Å². The Kier molecular flexibility index (Phi) is 5.78. The minimum atomic E-state index is -0.381. The molecule has 170 valence electrons. The highest BCUT2D eigenvalue weighted by atomic mass is 16.6. The van der Waals surface area contributed by atoms with E-state index in [2.05, 4.69) is 10.2 Å². The molecule has 2 atom stereocenters. The predicted molar refractivity (Wildman–Crippen MR) is 118 cm³/mol. The second-order valence-corrected chi connectivity index (χ2v) is 8.69. The number of ether oxygens (including phenoxy) is 2. The normalized spacial score (nSPS) is 21.7. The number of rotatable bonds is 6. The maximum atomic E-state index is 13.0. The van der Waals surface area contributed by atoms with E-state index in [4.69, 9.17) is 13.9 Å². The van der Waals surface area contributed by atoms with Crippen molar-refractivity contribution in [3.63, 3.8) is 0 Å². The van der Waals surface area contributed by atoms with Crippen LogP contribution in [0.5, 0.6) is 11.5 Å². The van der Waals surface area contributed by atoms with E-state index in [1.807, 2.05) is 37.3 Å². The summed E-state index contributed by atoms with van der Waals surface area (Å²) >= 11 is 0. The number of fused-ring (bicyclic) bond motifs is 1. The van der Waals surface area contributed by atoms with E-state index in [-0.39, 0.29) is 30.2 Å². The third-order valence-corrected chi connectivity index (χ3v) is 6.47. The maximum absolute atomic E-state index is 13.0. The van der Waals surface area contributed by atoms with Gasteiger partial charge in [-0.1, -0.05) is 0 Å². The zero-order valence-electron chi connectivity index (χ0n) is 18.3. The Morgan fingerprint density at radius 2 is 1.91 bits per heavy atom. The third-order valence-electron chi connectivity index (χ3n) is 6.47. The summed E-state index contributed by atoms with van der Waals surface area (Å²) in [6, 6.07) is 9.44. The van der Waals surface area contributed by atoms with Gasteiger partial charge >= 0.3 is 0 Å². The number of nitrogens with one attached hydrogen (secondary N) is 1. The fourth-order valence-electron chi connectivity index (χ4n) is 4.77. The Labute approximate surface area is 187 Å². The molecule has 0 radical (unpaired) electrons. The molecule has 2 aromatic rings. The van der Waals surface area contributed by atoms with Crippen LogP contribution in [0.2, 0.25) is 0 Å². The molecular weight excluding hydrogens is 410 g/mol. The van der Waals surface area contributed by atoms with Crippen LogP contribution in [-0.4, -0.2) is 56.1 Å². The third kappa shape index (κ3) is 4.19. The first-order chi connectivity index (χ1) is 15.6. The lowest BCUT2D eigenvalue weighted by Crippen LogP contribution is -2.39. The Morgan fingerprint density at radius 1 is 1.12 bits per heavy atom. The van der Waals surface area contributed by atoms with E-state index in [0.29, 0.717) is 37.8 Å². The van der Waals surface area contributed by atoms with E-state index in [1.165, 1.54) is 0 Å². The highest BCUT2D eigenvalue weighted by Gasteiger charge is 2.36. The fourth-order valence-corrected chi connectivity index (χ4v) is 4.77. The van der Waals surface area contributed by atoms with Crippen LogP contribution in [0.3, 0.4) is 0 Å². The van der Waals surface area contributed by atoms with Crippen LogP contribution in [0.15, 0.2) is 34.7 Å². The topological polar surface area (TPSA) is 84.2 Å². The van der Waals surface area contributed by atoms with Gasteiger partial charge in [0, 0.05) is 31.3 Å². The molecule has 8 heteroatoms. The molecule has 0 aliphatic carbocycles. The van der Waals surface area contributed by atoms with E-state index in [9.17, 15) is 9.59 Å². The van der Waals surface area contributed by atoms with Gasteiger partial charge in [-0.2, -0.15) is 0 Å². The summed E-state index contributed by atoms with van der Waals surface area (Å²) in [6.45, 7) is 5.77. The summed E-state index contributed by atoms with van der Waals surface area (Å²) in [6.07, 6.45) is 2.52. The lowest BCUT2D eigenvalue weighted by molar-refractivity contribution is -0.126. The number of anilines is 1. The van der Waals surface area contributed by atoms with Crippen molar-refractivity contribution in [3.05, 3.63) is 41.9 Å². The lowest BCUT2D eigenvalue weighted by atomic mass is 10.1. The number of furan rings is 1. The van der Waals surface area contributed by atoms with Gasteiger partial charge < -0.3 is 24.1 Å². The van der Waals surface area contributed by atoms with Crippen LogP contribution in [0, 0.1) is 12.8 Å². The Morgan fingerprint density at radius 3 is 2.66 bits per heavy atom. The smallest absolute Gasteiger partial charge is 0.227 e. The molecule has 0 bridgehead atoms. The molecule has 8 nitrogen and oxygen atoms in total. The van der Waals surface area contributed by atoms with Gasteiger partial charge in [-0.05, 0) is 57.1 Å². The zero-order chi connectivity index (χ0) is 22.1. The summed E-state index contributed by atoms with van der Waals surface area (Å²) in [5, 5.41) is 3.09. The summed E-state index contributed by atoms with van der Waals surface area (Å²) in [4.78, 5) is 29.7. The quantitative estimate of drug-likeness (QED) is 0.745. The van der Waals surface area contributed by atoms with Gasteiger partial charge in [-0.25, -0.2) is 0 Å². The molecule has 2 amide bonds. The molecule has 2 saturated heterocycles. The number of carbonyl (C=O) groups excluding carboxylic acids is 2. The van der Waals surface area contributed by atoms with Crippen LogP contribution >= 0.6 is 0 Å². The molecule has 4 heterocycles. The molecule has 1 aromatic carbocycles. The van der Waals surface area contributed by atoms with Crippen molar-refractivity contribution in [2.24, 2.45) is 5.92 Å². The van der Waals surface area contributed by atoms with Gasteiger partial charge in [0.25, 0.3) is 0 Å². The summed E-state index contributed by atoms with van der Waals surface area (Å²) < 4.78 is 17.1. The zero-order valence-corrected chi connectivity index (χ0v) is 18.3. The van der Waals surface area contributed by atoms with Crippen LogP contribution in [0.4, 0.5) is 5.69 Å². The van der Waals surface area contributed by atoms with Gasteiger partial charge in [0.05, 0.1) is 12.0 Å². The van der Waals surface area contributed by atoms with Crippen molar-refractivity contribution >= 4 is 17.5 Å². The molecule has 5 rings (SSSR count). The average Bonchev–Trinajstić information content (AvgIpc) is 3.56. The highest BCUT2D eigenvalue weighted by Crippen LogP contribution is 2.36. The summed E-state index contributed by atoms with van der Waals surface area (Å²) in [7, 11) is 0. The number of nitrogens with zero attached hydrogens (tertiary/aromatic N) is 2. The van der Waals surface area contributed by atoms with E-state index in [1.54, 1.807) is 4.90 Å². The average molecular weight is 440 g/mol. The molecule has 0 unspecified atom stereocenters. The minimum absolute atomic E-state index is 0.0150. The van der Waals surface area contributed by atoms with Crippen LogP contribution < -0.4 is 19.7 Å². The number of aryl methyl sites for hydroxylation is 1. The molecule has 1 aromatic heterocycles. The molecule has 2 fully saturated rings. The fraction of sp³-hybridized carbons (Fsp3) is 0.500. The molecule has 0 spiro atoms. The van der Waals surface area contributed by atoms with E-state index < -0.39 is 0 Å². The first-order valence-electron chi connectivity index (χ1n) is 11.4. The van der Waals surface area contributed by atoms with Crippen LogP contribution in [0.25, 0.3) is 0 Å². The number of amides is 2. The van der Waals surface area contributed by atoms with Gasteiger partial charge in [0.2, 0.25) is 11.8 Å². The number of hydrogen-bond donors (Lipinski definition) is 1. The van der Waals surface area contributed by atoms with E-state index in [0.717, 1.165) is 43.1 Å². The number of carbonyl (C=O) groups is 2. The number of benzene rings is 1. The van der Waals surface area contributed by atoms with Gasteiger partial charge in [0.15, 0.2) is 11.5 Å². The SMILES string of the molecule is Cc1ccc([C@H](CNC(=O)[C@H]2CC(=O)N(c3ccc4c(c3)OCCO4)C2)N2CCCC2)o1. The van der Waals surface area contributed by atoms with Gasteiger partial charge in [0.1, 0.15) is 24.7 Å². The monoisotopic (exact) mass is 439 g/mol. The standard InChI is InChI=1S/C24H29N3O5/c1-16-4-6-20(32-16)19(26-8-2-3-9-26)14-25-24(29)17-12-23(28)27(15-17)18-5-7-21-22(13-18)31-11-10-30-21/h4-7,13,17,19H,2-3,8-12,14-15H2,1H3,(H,25,29)/t17-,19-/m0/s1. The minimum Gasteiger partial charge on any atom is -0.486 e. The van der Waals surface area contributed by atoms with Crippen molar-refractivity contribution < 1.29 is 23.5 Å². The molecule has 1 N–H and O–H groups in total. The predicted octanol–water partition coefficient (Wildman–Crippen LogP) is 2.67. The van der Waals surface area contributed by atoms with Crippen molar-refractivity contribution in [2.45, 2.75) is 32.2 Å². The Hall–Kier alpha value is -3.00. The first-order valence-corrected chi connectivity index (χ1v) is 11.4. The van der Waals surface area contributed by atoms with Crippen LogP contribution in [-0.2, 0) is 9.59 Å². The van der Waals surface area contributed by atoms with Crippen molar-refractivity contribution in [1.82, 2.24) is 10.2 Å². The Balaban J connectivity index is 1.23. The second-order valence-electron chi connectivity index (χ2n) is 8.69. The van der Waals surface area contributed by atoms with Gasteiger partial charge in [-0.3, -0.25) is 14.5 Å². The maximum Gasteiger partial charge on any atom is 0.227 e. The second kappa shape index (κ2) is 8.86. The first kappa shape index (κ1) is 20.9. The van der Waals surface area contributed by atoms with E-state index >= 15 is 0 Å². The van der Waals surface area contributed by atoms with Crippen molar-refractivity contribution in [2.75, 3.05) is 44.3 Å². The number of likely N-dealkylation sites (tertiary alicyclic amines) is 1. The van der Waals surface area contributed by atoms with Gasteiger partial charge in [-0.15, -0.1) is 0 Å². The Bertz CT molecular complexity index is 997. The number of hydrogen-bond acceptors (Lipinski definition) is 6. The molecule has 0 saturated carbocycles. The summed E-state index contributed by atoms with van der Waals surface area (Å²) in [5.41, 5.74) is 0.732. The lowest BCUT2D eigenvalue weighted by Gasteiger charge is -2.26. The van der Waals surface area contributed by atoms with Crippen molar-refractivity contribution in [3.8, 4) is 11.5 Å². The molecular formula is C24H29N3O5. The molecule has 3 aliphatic rings. The largest absolute Gasteiger partial charge is 0.486 e.